The smallest absolute Gasteiger partial charge is 0.319 e. The molecule has 1 unspecified atom stereocenters. The van der Waals surface area contributed by atoms with Crippen LogP contribution in [0.1, 0.15) is 56.7 Å². The van der Waals surface area contributed by atoms with Crippen molar-refractivity contribution in [2.24, 2.45) is 5.92 Å². The maximum Gasteiger partial charge on any atom is 0.319 e. The zero-order valence-electron chi connectivity index (χ0n) is 16.8. The fourth-order valence-electron chi connectivity index (χ4n) is 3.89. The molecule has 0 aromatic heterocycles. The van der Waals surface area contributed by atoms with Gasteiger partial charge >= 0.3 is 6.03 Å². The first-order chi connectivity index (χ1) is 11.7. The molecule has 25 heavy (non-hydrogen) atoms. The molecule has 0 radical (unpaired) electrons. The van der Waals surface area contributed by atoms with E-state index in [2.05, 4.69) is 55.4 Å². The molecule has 4 heteroatoms. The minimum Gasteiger partial charge on any atom is -0.336 e. The lowest BCUT2D eigenvalue weighted by Gasteiger charge is -2.43. The van der Waals surface area contributed by atoms with Gasteiger partial charge in [0.15, 0.2) is 0 Å². The summed E-state index contributed by atoms with van der Waals surface area (Å²) in [6.07, 6.45) is 3.84. The summed E-state index contributed by atoms with van der Waals surface area (Å²) in [7, 11) is 0. The number of rotatable bonds is 5. The number of nitrogens with one attached hydrogen (secondary N) is 2. The number of urea groups is 1. The Hall–Kier alpha value is -1.55. The Kier molecular flexibility index (Phi) is 6.50. The van der Waals surface area contributed by atoms with E-state index in [9.17, 15) is 4.79 Å². The van der Waals surface area contributed by atoms with Crippen LogP contribution >= 0.6 is 0 Å². The summed E-state index contributed by atoms with van der Waals surface area (Å²) >= 11 is 0. The van der Waals surface area contributed by atoms with Gasteiger partial charge in [-0.15, -0.1) is 0 Å². The van der Waals surface area contributed by atoms with Gasteiger partial charge in [-0.25, -0.2) is 4.79 Å². The highest BCUT2D eigenvalue weighted by molar-refractivity contribution is 5.91. The van der Waals surface area contributed by atoms with Gasteiger partial charge in [0.25, 0.3) is 0 Å². The molecule has 4 nitrogen and oxygen atoms in total. The molecule has 0 bridgehead atoms. The summed E-state index contributed by atoms with van der Waals surface area (Å²) in [5.74, 6) is 0.791. The molecule has 1 aromatic rings. The van der Waals surface area contributed by atoms with Crippen molar-refractivity contribution in [1.29, 1.82) is 0 Å². The van der Waals surface area contributed by atoms with Crippen LogP contribution in [0.15, 0.2) is 12.1 Å². The highest BCUT2D eigenvalue weighted by Gasteiger charge is 2.31. The topological polar surface area (TPSA) is 44.4 Å². The van der Waals surface area contributed by atoms with E-state index in [1.165, 1.54) is 24.8 Å². The van der Waals surface area contributed by atoms with Gasteiger partial charge in [0, 0.05) is 24.3 Å². The molecular weight excluding hydrogens is 310 g/mol. The Morgan fingerprint density at radius 3 is 2.48 bits per heavy atom. The largest absolute Gasteiger partial charge is 0.336 e. The van der Waals surface area contributed by atoms with Crippen molar-refractivity contribution < 1.29 is 4.79 Å². The summed E-state index contributed by atoms with van der Waals surface area (Å²) < 4.78 is 0. The van der Waals surface area contributed by atoms with E-state index < -0.39 is 0 Å². The number of benzene rings is 1. The fourth-order valence-corrected chi connectivity index (χ4v) is 3.89. The van der Waals surface area contributed by atoms with Crippen molar-refractivity contribution in [3.8, 4) is 0 Å². The maximum absolute atomic E-state index is 12.4. The van der Waals surface area contributed by atoms with Gasteiger partial charge < -0.3 is 10.6 Å². The van der Waals surface area contributed by atoms with E-state index in [4.69, 9.17) is 0 Å². The van der Waals surface area contributed by atoms with E-state index in [1.807, 2.05) is 13.8 Å². The molecule has 1 atom stereocenters. The summed E-state index contributed by atoms with van der Waals surface area (Å²) in [5, 5.41) is 6.11. The molecule has 1 heterocycles. The molecule has 0 spiro atoms. The van der Waals surface area contributed by atoms with Crippen LogP contribution in [0.2, 0.25) is 0 Å². The van der Waals surface area contributed by atoms with Crippen LogP contribution in [0.25, 0.3) is 0 Å². The van der Waals surface area contributed by atoms with Crippen molar-refractivity contribution >= 4 is 11.7 Å². The van der Waals surface area contributed by atoms with Gasteiger partial charge in [-0.2, -0.15) is 0 Å². The average Bonchev–Trinajstić information content (AvgIpc) is 2.56. The molecule has 1 fully saturated rings. The summed E-state index contributed by atoms with van der Waals surface area (Å²) in [5.41, 5.74) is 4.33. The van der Waals surface area contributed by atoms with Crippen LogP contribution < -0.4 is 10.6 Å². The van der Waals surface area contributed by atoms with Crippen LogP contribution in [0.4, 0.5) is 10.5 Å². The van der Waals surface area contributed by atoms with Gasteiger partial charge in [-0.3, -0.25) is 4.90 Å². The van der Waals surface area contributed by atoms with Crippen molar-refractivity contribution in [2.45, 2.75) is 66.3 Å². The third kappa shape index (κ3) is 5.21. The fraction of sp³-hybridized carbons (Fsp3) is 0.667. The monoisotopic (exact) mass is 345 g/mol. The second kappa shape index (κ2) is 8.22. The van der Waals surface area contributed by atoms with Crippen molar-refractivity contribution in [3.05, 3.63) is 28.8 Å². The van der Waals surface area contributed by atoms with E-state index in [-0.39, 0.29) is 11.6 Å². The Labute approximate surface area is 153 Å². The van der Waals surface area contributed by atoms with Gasteiger partial charge in [-0.1, -0.05) is 31.0 Å². The molecule has 0 aliphatic carbocycles. The number of nitrogens with zero attached hydrogens (tertiary/aromatic N) is 1. The molecule has 2 amide bonds. The average molecular weight is 346 g/mol. The van der Waals surface area contributed by atoms with Crippen molar-refractivity contribution in [2.75, 3.05) is 25.0 Å². The van der Waals surface area contributed by atoms with E-state index in [1.54, 1.807) is 0 Å². The van der Waals surface area contributed by atoms with Crippen LogP contribution in [-0.4, -0.2) is 36.1 Å². The summed E-state index contributed by atoms with van der Waals surface area (Å²) in [4.78, 5) is 14.9. The number of piperidine rings is 1. The first-order valence-electron chi connectivity index (χ1n) is 9.60. The maximum atomic E-state index is 12.4. The molecule has 1 aliphatic rings. The quantitative estimate of drug-likeness (QED) is 0.817. The number of likely N-dealkylation sites (tertiary alicyclic amines) is 1. The number of anilines is 1. The minimum absolute atomic E-state index is 0.0253. The number of aryl methyl sites for hydroxylation is 3. The Bertz CT molecular complexity index is 586. The molecule has 1 saturated heterocycles. The lowest BCUT2D eigenvalue weighted by molar-refractivity contribution is 0.0669. The van der Waals surface area contributed by atoms with Crippen LogP contribution in [0.5, 0.6) is 0 Å². The Morgan fingerprint density at radius 1 is 1.24 bits per heavy atom. The SMILES string of the molecule is CCC1CCCN(C(C)(C)CNC(=O)Nc2c(C)cc(C)cc2C)C1. The van der Waals surface area contributed by atoms with Gasteiger partial charge in [0.1, 0.15) is 0 Å². The molecular formula is C21H35N3O. The van der Waals surface area contributed by atoms with E-state index in [0.717, 1.165) is 35.8 Å². The zero-order valence-corrected chi connectivity index (χ0v) is 16.8. The first kappa shape index (κ1) is 19.8. The molecule has 140 valence electrons. The number of carbonyl (C=O) groups is 1. The predicted octanol–water partition coefficient (Wildman–Crippen LogP) is 4.63. The standard InChI is InChI=1S/C21H35N3O/c1-7-18-9-8-10-24(13-18)21(5,6)14-22-20(25)23-19-16(3)11-15(2)12-17(19)4/h11-12,18H,7-10,13-14H2,1-6H3,(H2,22,23,25). The van der Waals surface area contributed by atoms with Crippen LogP contribution in [-0.2, 0) is 0 Å². The minimum atomic E-state index is -0.118. The molecule has 1 aromatic carbocycles. The molecule has 2 rings (SSSR count). The number of carbonyl (C=O) groups excluding carboxylic acids is 1. The second-order valence-corrected chi connectivity index (χ2v) is 8.26. The normalized spacial score (nSPS) is 18.9. The number of hydrogen-bond acceptors (Lipinski definition) is 2. The van der Waals surface area contributed by atoms with Crippen molar-refractivity contribution in [3.63, 3.8) is 0 Å². The molecule has 1 aliphatic heterocycles. The predicted molar refractivity (Wildman–Crippen MR) is 106 cm³/mol. The molecule has 0 saturated carbocycles. The molecule has 2 N–H and O–H groups in total. The Balaban J connectivity index is 1.93. The lowest BCUT2D eigenvalue weighted by atomic mass is 9.91. The Morgan fingerprint density at radius 2 is 1.88 bits per heavy atom. The van der Waals surface area contributed by atoms with E-state index >= 15 is 0 Å². The van der Waals surface area contributed by atoms with Gasteiger partial charge in [-0.05, 0) is 71.0 Å². The van der Waals surface area contributed by atoms with Crippen molar-refractivity contribution in [1.82, 2.24) is 10.2 Å². The van der Waals surface area contributed by atoms with Crippen LogP contribution in [0, 0.1) is 26.7 Å². The van der Waals surface area contributed by atoms with Crippen LogP contribution in [0.3, 0.4) is 0 Å². The summed E-state index contributed by atoms with van der Waals surface area (Å²) in [6.45, 7) is 15.8. The van der Waals surface area contributed by atoms with E-state index in [0.29, 0.717) is 6.54 Å². The third-order valence-electron chi connectivity index (χ3n) is 5.55. The van der Waals surface area contributed by atoms with Gasteiger partial charge in [0.05, 0.1) is 0 Å². The second-order valence-electron chi connectivity index (χ2n) is 8.26. The zero-order chi connectivity index (χ0) is 18.6. The number of amides is 2. The highest BCUT2D eigenvalue weighted by atomic mass is 16.2. The summed E-state index contributed by atoms with van der Waals surface area (Å²) in [6, 6.07) is 4.09. The van der Waals surface area contributed by atoms with Gasteiger partial charge in [0.2, 0.25) is 0 Å². The lowest BCUT2D eigenvalue weighted by Crippen LogP contribution is -2.55. The number of hydrogen-bond donors (Lipinski definition) is 2. The highest BCUT2D eigenvalue weighted by Crippen LogP contribution is 2.26. The first-order valence-corrected chi connectivity index (χ1v) is 9.60. The third-order valence-corrected chi connectivity index (χ3v) is 5.55.